The second kappa shape index (κ2) is 7.01. The molecular formula is C10H22N2. The van der Waals surface area contributed by atoms with Gasteiger partial charge in [-0.2, -0.15) is 0 Å². The van der Waals surface area contributed by atoms with E-state index in [1.54, 1.807) is 0 Å². The molecule has 72 valence electrons. The molecule has 0 atom stereocenters. The molecule has 0 radical (unpaired) electrons. The van der Waals surface area contributed by atoms with Crippen molar-refractivity contribution in [2.24, 2.45) is 11.7 Å². The molecule has 0 bridgehead atoms. The molecule has 0 aromatic rings. The average molecular weight is 170 g/mol. The van der Waals surface area contributed by atoms with E-state index in [2.05, 4.69) is 25.7 Å². The van der Waals surface area contributed by atoms with Crippen LogP contribution in [0.25, 0.3) is 0 Å². The zero-order valence-electron chi connectivity index (χ0n) is 8.40. The number of nitrogens with two attached hydrogens (primary N) is 1. The number of rotatable bonds is 7. The van der Waals surface area contributed by atoms with Crippen LogP contribution in [0.1, 0.15) is 39.5 Å². The van der Waals surface area contributed by atoms with E-state index >= 15 is 0 Å². The van der Waals surface area contributed by atoms with Crippen LogP contribution in [0.15, 0.2) is 12.4 Å². The first-order valence-corrected chi connectivity index (χ1v) is 4.88. The van der Waals surface area contributed by atoms with Gasteiger partial charge >= 0.3 is 0 Å². The van der Waals surface area contributed by atoms with Gasteiger partial charge in [0.15, 0.2) is 0 Å². The Balaban J connectivity index is 3.23. The summed E-state index contributed by atoms with van der Waals surface area (Å²) in [5.74, 6) is 1.47. The number of hydrogen-bond donors (Lipinski definition) is 2. The van der Waals surface area contributed by atoms with Gasteiger partial charge in [-0.25, -0.2) is 0 Å². The Bertz CT molecular complexity index is 117. The fourth-order valence-electron chi connectivity index (χ4n) is 1.34. The van der Waals surface area contributed by atoms with E-state index in [9.17, 15) is 0 Å². The molecule has 0 heterocycles. The lowest BCUT2D eigenvalue weighted by Gasteiger charge is -2.12. The molecule has 3 N–H and O–H groups in total. The van der Waals surface area contributed by atoms with Crippen LogP contribution in [-0.2, 0) is 0 Å². The molecule has 0 aromatic heterocycles. The van der Waals surface area contributed by atoms with Gasteiger partial charge < -0.3 is 11.1 Å². The van der Waals surface area contributed by atoms with Gasteiger partial charge in [-0.1, -0.05) is 33.3 Å². The SMILES string of the molecule is C=C(N)NCCCC(CC)CC. The highest BCUT2D eigenvalue weighted by molar-refractivity contribution is 4.81. The first-order valence-electron chi connectivity index (χ1n) is 4.88. The van der Waals surface area contributed by atoms with E-state index < -0.39 is 0 Å². The molecule has 0 aliphatic heterocycles. The lowest BCUT2D eigenvalue weighted by molar-refractivity contribution is 0.437. The standard InChI is InChI=1S/C10H22N2/c1-4-10(5-2)7-6-8-12-9(3)11/h10,12H,3-8,11H2,1-2H3. The maximum absolute atomic E-state index is 5.37. The second-order valence-electron chi connectivity index (χ2n) is 3.28. The minimum absolute atomic E-state index is 0.583. The summed E-state index contributed by atoms with van der Waals surface area (Å²) >= 11 is 0. The van der Waals surface area contributed by atoms with Crippen LogP contribution in [0.5, 0.6) is 0 Å². The molecule has 0 unspecified atom stereocenters. The van der Waals surface area contributed by atoms with E-state index in [1.165, 1.54) is 25.7 Å². The van der Waals surface area contributed by atoms with Gasteiger partial charge in [0.2, 0.25) is 0 Å². The van der Waals surface area contributed by atoms with E-state index in [0.717, 1.165) is 12.5 Å². The van der Waals surface area contributed by atoms with Gasteiger partial charge in [-0.15, -0.1) is 0 Å². The molecule has 12 heavy (non-hydrogen) atoms. The average Bonchev–Trinajstić information content (AvgIpc) is 2.04. The Hall–Kier alpha value is -0.660. The lowest BCUT2D eigenvalue weighted by atomic mass is 9.98. The van der Waals surface area contributed by atoms with E-state index in [-0.39, 0.29) is 0 Å². The quantitative estimate of drug-likeness (QED) is 0.575. The van der Waals surface area contributed by atoms with Gasteiger partial charge in [0.1, 0.15) is 0 Å². The maximum atomic E-state index is 5.37. The summed E-state index contributed by atoms with van der Waals surface area (Å²) in [6.07, 6.45) is 5.08. The Morgan fingerprint density at radius 2 is 2.00 bits per heavy atom. The Labute approximate surface area is 76.2 Å². The third-order valence-electron chi connectivity index (χ3n) is 2.30. The molecule has 0 amide bonds. The van der Waals surface area contributed by atoms with Gasteiger partial charge in [-0.3, -0.25) is 0 Å². The molecule has 0 aromatic carbocycles. The Kier molecular flexibility index (Phi) is 6.63. The predicted molar refractivity (Wildman–Crippen MR) is 54.6 cm³/mol. The van der Waals surface area contributed by atoms with Crippen molar-refractivity contribution in [2.45, 2.75) is 39.5 Å². The highest BCUT2D eigenvalue weighted by Crippen LogP contribution is 2.13. The van der Waals surface area contributed by atoms with E-state index in [4.69, 9.17) is 5.73 Å². The van der Waals surface area contributed by atoms with Crippen molar-refractivity contribution in [3.05, 3.63) is 12.4 Å². The highest BCUT2D eigenvalue weighted by Gasteiger charge is 2.01. The molecular weight excluding hydrogens is 148 g/mol. The number of hydrogen-bond acceptors (Lipinski definition) is 2. The second-order valence-corrected chi connectivity index (χ2v) is 3.28. The molecule has 0 saturated carbocycles. The molecule has 0 aliphatic carbocycles. The summed E-state index contributed by atoms with van der Waals surface area (Å²) in [5, 5.41) is 3.03. The smallest absolute Gasteiger partial charge is 0.0885 e. The molecule has 0 saturated heterocycles. The van der Waals surface area contributed by atoms with Crippen LogP contribution in [0.4, 0.5) is 0 Å². The third kappa shape index (κ3) is 6.08. The van der Waals surface area contributed by atoms with Gasteiger partial charge in [-0.05, 0) is 18.8 Å². The van der Waals surface area contributed by atoms with Gasteiger partial charge in [0, 0.05) is 6.54 Å². The van der Waals surface area contributed by atoms with Crippen LogP contribution in [0.3, 0.4) is 0 Å². The molecule has 0 spiro atoms. The number of nitrogens with one attached hydrogen (secondary N) is 1. The summed E-state index contributed by atoms with van der Waals surface area (Å²) < 4.78 is 0. The van der Waals surface area contributed by atoms with E-state index in [1.807, 2.05) is 0 Å². The summed E-state index contributed by atoms with van der Waals surface area (Å²) in [6, 6.07) is 0. The molecule has 2 heteroatoms. The normalized spacial score (nSPS) is 10.2. The molecule has 2 nitrogen and oxygen atoms in total. The van der Waals surface area contributed by atoms with Gasteiger partial charge in [0.25, 0.3) is 0 Å². The zero-order chi connectivity index (χ0) is 9.40. The van der Waals surface area contributed by atoms with Crippen LogP contribution < -0.4 is 11.1 Å². The van der Waals surface area contributed by atoms with Gasteiger partial charge in [0.05, 0.1) is 5.82 Å². The van der Waals surface area contributed by atoms with Crippen LogP contribution in [-0.4, -0.2) is 6.54 Å². The first-order chi connectivity index (χ1) is 5.70. The Morgan fingerprint density at radius 1 is 1.42 bits per heavy atom. The summed E-state index contributed by atoms with van der Waals surface area (Å²) in [7, 11) is 0. The van der Waals surface area contributed by atoms with Crippen LogP contribution in [0.2, 0.25) is 0 Å². The predicted octanol–water partition coefficient (Wildman–Crippen LogP) is 2.22. The lowest BCUT2D eigenvalue weighted by Crippen LogP contribution is -2.20. The van der Waals surface area contributed by atoms with Crippen molar-refractivity contribution in [1.29, 1.82) is 0 Å². The summed E-state index contributed by atoms with van der Waals surface area (Å²) in [6.45, 7) is 9.05. The zero-order valence-corrected chi connectivity index (χ0v) is 8.40. The highest BCUT2D eigenvalue weighted by atomic mass is 15.0. The van der Waals surface area contributed by atoms with Crippen molar-refractivity contribution < 1.29 is 0 Å². The minimum Gasteiger partial charge on any atom is -0.386 e. The minimum atomic E-state index is 0.583. The van der Waals surface area contributed by atoms with E-state index in [0.29, 0.717) is 5.82 Å². The van der Waals surface area contributed by atoms with Crippen molar-refractivity contribution in [3.63, 3.8) is 0 Å². The van der Waals surface area contributed by atoms with Crippen molar-refractivity contribution in [2.75, 3.05) is 6.54 Å². The summed E-state index contributed by atoms with van der Waals surface area (Å²) in [4.78, 5) is 0. The summed E-state index contributed by atoms with van der Waals surface area (Å²) in [5.41, 5.74) is 5.37. The van der Waals surface area contributed by atoms with Crippen LogP contribution in [0, 0.1) is 5.92 Å². The topological polar surface area (TPSA) is 38.0 Å². The fraction of sp³-hybridized carbons (Fsp3) is 0.800. The Morgan fingerprint density at radius 3 is 2.42 bits per heavy atom. The third-order valence-corrected chi connectivity index (χ3v) is 2.30. The van der Waals surface area contributed by atoms with Crippen molar-refractivity contribution >= 4 is 0 Å². The maximum Gasteiger partial charge on any atom is 0.0885 e. The first kappa shape index (κ1) is 11.3. The monoisotopic (exact) mass is 170 g/mol. The van der Waals surface area contributed by atoms with Crippen molar-refractivity contribution in [3.8, 4) is 0 Å². The molecule has 0 rings (SSSR count). The fourth-order valence-corrected chi connectivity index (χ4v) is 1.34. The van der Waals surface area contributed by atoms with Crippen LogP contribution >= 0.6 is 0 Å². The molecule has 0 aliphatic rings. The van der Waals surface area contributed by atoms with Crippen molar-refractivity contribution in [1.82, 2.24) is 5.32 Å². The largest absolute Gasteiger partial charge is 0.386 e. The molecule has 0 fully saturated rings.